The van der Waals surface area contributed by atoms with E-state index in [1.807, 2.05) is 0 Å². The van der Waals surface area contributed by atoms with Crippen molar-refractivity contribution in [1.82, 2.24) is 4.90 Å². The molecule has 2 rings (SSSR count). The standard InChI is InChI=1S/C17H24N2O4/c1-11-7-8-12(10-14(11)20)18-15(21)13-6-5-9-19(13)16(22)23-17(2,3)4/h7-8,10,13,20H,5-6,9H2,1-4H3,(H,18,21)/t13-/m0/s1. The van der Waals surface area contributed by atoms with Gasteiger partial charge in [0, 0.05) is 18.3 Å². The van der Waals surface area contributed by atoms with Gasteiger partial charge in [-0.15, -0.1) is 0 Å². The fourth-order valence-electron chi connectivity index (χ4n) is 2.49. The third kappa shape index (κ3) is 4.37. The molecule has 2 N–H and O–H groups in total. The normalized spacial score (nSPS) is 17.9. The van der Waals surface area contributed by atoms with Crippen LogP contribution in [-0.4, -0.2) is 40.2 Å². The molecule has 0 bridgehead atoms. The summed E-state index contributed by atoms with van der Waals surface area (Å²) in [5.74, 6) is -0.144. The molecule has 0 unspecified atom stereocenters. The van der Waals surface area contributed by atoms with Gasteiger partial charge in [0.2, 0.25) is 5.91 Å². The lowest BCUT2D eigenvalue weighted by Gasteiger charge is -2.28. The smallest absolute Gasteiger partial charge is 0.410 e. The number of ether oxygens (including phenoxy) is 1. The average molecular weight is 320 g/mol. The maximum Gasteiger partial charge on any atom is 0.410 e. The molecule has 1 saturated heterocycles. The lowest BCUT2D eigenvalue weighted by atomic mass is 10.1. The maximum absolute atomic E-state index is 12.4. The summed E-state index contributed by atoms with van der Waals surface area (Å²) in [6, 6.07) is 4.40. The van der Waals surface area contributed by atoms with Crippen LogP contribution in [0.4, 0.5) is 10.5 Å². The molecule has 126 valence electrons. The number of rotatable bonds is 2. The molecule has 1 aromatic rings. The number of nitrogens with zero attached hydrogens (tertiary/aromatic N) is 1. The molecule has 1 heterocycles. The van der Waals surface area contributed by atoms with Gasteiger partial charge in [0.1, 0.15) is 17.4 Å². The molecule has 2 amide bonds. The average Bonchev–Trinajstić information content (AvgIpc) is 2.90. The Labute approximate surface area is 136 Å². The lowest BCUT2D eigenvalue weighted by molar-refractivity contribution is -0.120. The number of aromatic hydroxyl groups is 1. The summed E-state index contributed by atoms with van der Waals surface area (Å²) in [6.07, 6.45) is 0.890. The number of likely N-dealkylation sites (tertiary alicyclic amines) is 1. The fourth-order valence-corrected chi connectivity index (χ4v) is 2.49. The van der Waals surface area contributed by atoms with E-state index >= 15 is 0 Å². The van der Waals surface area contributed by atoms with Crippen LogP contribution in [-0.2, 0) is 9.53 Å². The molecule has 0 aromatic heterocycles. The Morgan fingerprint density at radius 2 is 2.04 bits per heavy atom. The number of carbonyl (C=O) groups is 2. The molecule has 6 nitrogen and oxygen atoms in total. The van der Waals surface area contributed by atoms with Gasteiger partial charge < -0.3 is 15.2 Å². The van der Waals surface area contributed by atoms with E-state index in [1.54, 1.807) is 39.8 Å². The second-order valence-corrected chi connectivity index (χ2v) is 6.82. The number of benzene rings is 1. The number of hydrogen-bond acceptors (Lipinski definition) is 4. The van der Waals surface area contributed by atoms with Crippen LogP contribution < -0.4 is 5.32 Å². The summed E-state index contributed by atoms with van der Waals surface area (Å²) in [6.45, 7) is 7.68. The van der Waals surface area contributed by atoms with Crippen LogP contribution in [0.3, 0.4) is 0 Å². The van der Waals surface area contributed by atoms with Gasteiger partial charge in [0.15, 0.2) is 0 Å². The highest BCUT2D eigenvalue weighted by molar-refractivity contribution is 5.97. The first-order chi connectivity index (χ1) is 10.7. The van der Waals surface area contributed by atoms with Crippen LogP contribution in [0.15, 0.2) is 18.2 Å². The maximum atomic E-state index is 12.4. The van der Waals surface area contributed by atoms with Crippen LogP contribution in [0.5, 0.6) is 5.75 Å². The van der Waals surface area contributed by atoms with Crippen LogP contribution in [0.1, 0.15) is 39.2 Å². The van der Waals surface area contributed by atoms with Crippen molar-refractivity contribution in [1.29, 1.82) is 0 Å². The number of nitrogens with one attached hydrogen (secondary N) is 1. The van der Waals surface area contributed by atoms with E-state index in [-0.39, 0.29) is 11.7 Å². The third-order valence-electron chi connectivity index (χ3n) is 3.66. The number of amides is 2. The minimum Gasteiger partial charge on any atom is -0.508 e. The van der Waals surface area contributed by atoms with Gasteiger partial charge in [0.05, 0.1) is 0 Å². The van der Waals surface area contributed by atoms with Gasteiger partial charge in [-0.05, 0) is 52.2 Å². The Morgan fingerprint density at radius 1 is 1.35 bits per heavy atom. The highest BCUT2D eigenvalue weighted by Crippen LogP contribution is 2.24. The van der Waals surface area contributed by atoms with Crippen molar-refractivity contribution in [2.24, 2.45) is 0 Å². The predicted molar refractivity (Wildman–Crippen MR) is 87.4 cm³/mol. The van der Waals surface area contributed by atoms with E-state index in [9.17, 15) is 14.7 Å². The zero-order valence-electron chi connectivity index (χ0n) is 14.0. The van der Waals surface area contributed by atoms with E-state index in [1.165, 1.54) is 11.0 Å². The van der Waals surface area contributed by atoms with Crippen molar-refractivity contribution in [3.63, 3.8) is 0 Å². The van der Waals surface area contributed by atoms with Crippen LogP contribution in [0.25, 0.3) is 0 Å². The third-order valence-corrected chi connectivity index (χ3v) is 3.66. The number of hydrogen-bond donors (Lipinski definition) is 2. The van der Waals surface area contributed by atoms with Crippen molar-refractivity contribution in [3.8, 4) is 5.75 Å². The minimum absolute atomic E-state index is 0.123. The summed E-state index contributed by atoms with van der Waals surface area (Å²) in [7, 11) is 0. The summed E-state index contributed by atoms with van der Waals surface area (Å²) < 4.78 is 5.35. The first-order valence-corrected chi connectivity index (χ1v) is 7.77. The molecule has 0 saturated carbocycles. The Kier molecular flexibility index (Phi) is 4.82. The molecule has 0 spiro atoms. The number of aryl methyl sites for hydroxylation is 1. The lowest BCUT2D eigenvalue weighted by Crippen LogP contribution is -2.45. The molecular weight excluding hydrogens is 296 g/mol. The van der Waals surface area contributed by atoms with Crippen molar-refractivity contribution < 1.29 is 19.4 Å². The highest BCUT2D eigenvalue weighted by Gasteiger charge is 2.36. The first-order valence-electron chi connectivity index (χ1n) is 7.77. The Balaban J connectivity index is 2.05. The van der Waals surface area contributed by atoms with Crippen LogP contribution in [0.2, 0.25) is 0 Å². The van der Waals surface area contributed by atoms with Gasteiger partial charge in [-0.2, -0.15) is 0 Å². The molecule has 1 aliphatic rings. The Bertz CT molecular complexity index is 607. The van der Waals surface area contributed by atoms with Crippen molar-refractivity contribution in [2.75, 3.05) is 11.9 Å². The van der Waals surface area contributed by atoms with Crippen LogP contribution >= 0.6 is 0 Å². The largest absolute Gasteiger partial charge is 0.508 e. The van der Waals surface area contributed by atoms with E-state index in [2.05, 4.69) is 5.32 Å². The quantitative estimate of drug-likeness (QED) is 0.878. The summed E-state index contributed by atoms with van der Waals surface area (Å²) in [4.78, 5) is 26.1. The topological polar surface area (TPSA) is 78.9 Å². The second kappa shape index (κ2) is 6.48. The van der Waals surface area contributed by atoms with Gasteiger partial charge in [-0.1, -0.05) is 6.07 Å². The molecule has 1 aliphatic heterocycles. The van der Waals surface area contributed by atoms with Crippen molar-refractivity contribution in [2.45, 2.75) is 52.2 Å². The van der Waals surface area contributed by atoms with Crippen molar-refractivity contribution in [3.05, 3.63) is 23.8 Å². The zero-order chi connectivity index (χ0) is 17.2. The van der Waals surface area contributed by atoms with E-state index in [0.717, 1.165) is 12.0 Å². The summed E-state index contributed by atoms with van der Waals surface area (Å²) in [5, 5.41) is 12.5. The highest BCUT2D eigenvalue weighted by atomic mass is 16.6. The summed E-state index contributed by atoms with van der Waals surface area (Å²) in [5.41, 5.74) is 0.650. The number of phenolic OH excluding ortho intramolecular Hbond substituents is 1. The monoisotopic (exact) mass is 320 g/mol. The fraction of sp³-hybridized carbons (Fsp3) is 0.529. The minimum atomic E-state index is -0.594. The molecular formula is C17H24N2O4. The molecule has 1 fully saturated rings. The molecule has 6 heteroatoms. The molecule has 1 aromatic carbocycles. The SMILES string of the molecule is Cc1ccc(NC(=O)[C@@H]2CCCN2C(=O)OC(C)(C)C)cc1O. The second-order valence-electron chi connectivity index (χ2n) is 6.82. The molecule has 23 heavy (non-hydrogen) atoms. The van der Waals surface area contributed by atoms with E-state index < -0.39 is 17.7 Å². The number of carbonyl (C=O) groups excluding carboxylic acids is 2. The molecule has 1 atom stereocenters. The van der Waals surface area contributed by atoms with E-state index in [4.69, 9.17) is 4.74 Å². The van der Waals surface area contributed by atoms with Gasteiger partial charge in [-0.25, -0.2) is 4.79 Å². The molecule has 0 radical (unpaired) electrons. The van der Waals surface area contributed by atoms with Crippen LogP contribution in [0, 0.1) is 6.92 Å². The Morgan fingerprint density at radius 3 is 2.65 bits per heavy atom. The first kappa shape index (κ1) is 17.1. The zero-order valence-corrected chi connectivity index (χ0v) is 14.0. The predicted octanol–water partition coefficient (Wildman–Crippen LogP) is 3.04. The van der Waals surface area contributed by atoms with Gasteiger partial charge in [0.25, 0.3) is 0 Å². The Hall–Kier alpha value is -2.24. The molecule has 0 aliphatic carbocycles. The van der Waals surface area contributed by atoms with E-state index in [0.29, 0.717) is 18.7 Å². The number of anilines is 1. The van der Waals surface area contributed by atoms with Gasteiger partial charge in [-0.3, -0.25) is 9.69 Å². The summed E-state index contributed by atoms with van der Waals surface area (Å²) >= 11 is 0. The van der Waals surface area contributed by atoms with Gasteiger partial charge >= 0.3 is 6.09 Å². The van der Waals surface area contributed by atoms with Crippen molar-refractivity contribution >= 4 is 17.7 Å². The number of phenols is 1.